The fourth-order valence-corrected chi connectivity index (χ4v) is 3.54. The Morgan fingerprint density at radius 3 is 2.59 bits per heavy atom. The molecule has 0 spiro atoms. The van der Waals surface area contributed by atoms with Crippen LogP contribution in [-0.2, 0) is 17.8 Å². The summed E-state index contributed by atoms with van der Waals surface area (Å²) in [5.74, 6) is -1.71. The third kappa shape index (κ3) is 4.43. The minimum absolute atomic E-state index is 0.403. The van der Waals surface area contributed by atoms with Gasteiger partial charge in [-0.25, -0.2) is 4.39 Å². The van der Waals surface area contributed by atoms with Crippen molar-refractivity contribution in [1.82, 2.24) is 4.57 Å². The Balaban J connectivity index is 1.61. The lowest BCUT2D eigenvalue weighted by atomic mass is 9.98. The number of rotatable bonds is 6. The Kier molecular flexibility index (Phi) is 5.25. The van der Waals surface area contributed by atoms with Gasteiger partial charge >= 0.3 is 0 Å². The second-order valence-corrected chi connectivity index (χ2v) is 6.99. The zero-order valence-electron chi connectivity index (χ0n) is 15.7. The van der Waals surface area contributed by atoms with Gasteiger partial charge in [0.25, 0.3) is 0 Å². The summed E-state index contributed by atoms with van der Waals surface area (Å²) in [6.45, 7) is 0.805. The largest absolute Gasteiger partial charge is 0.545 e. The molecule has 4 heteroatoms. The van der Waals surface area contributed by atoms with Crippen molar-refractivity contribution in [3.05, 3.63) is 113 Å². The molecule has 0 aliphatic rings. The molecule has 3 nitrogen and oxygen atoms in total. The number of nitrogens with zero attached hydrogens (tertiary/aromatic N) is 1. The molecule has 0 bridgehead atoms. The third-order valence-electron chi connectivity index (χ3n) is 4.93. The number of carboxylic acid groups (broad SMARTS) is 1. The van der Waals surface area contributed by atoms with Gasteiger partial charge in [0.2, 0.25) is 0 Å². The van der Waals surface area contributed by atoms with Gasteiger partial charge in [0.05, 0.1) is 5.97 Å². The second kappa shape index (κ2) is 8.15. The van der Waals surface area contributed by atoms with Crippen molar-refractivity contribution in [1.29, 1.82) is 0 Å². The lowest BCUT2D eigenvalue weighted by molar-refractivity contribution is -0.297. The third-order valence-corrected chi connectivity index (χ3v) is 4.93. The summed E-state index contributed by atoms with van der Waals surface area (Å²) in [6.07, 6.45) is 4.95. The van der Waals surface area contributed by atoms with Gasteiger partial charge in [-0.05, 0) is 70.5 Å². The molecule has 0 amide bonds. The van der Waals surface area contributed by atoms with E-state index >= 15 is 0 Å². The van der Waals surface area contributed by atoms with E-state index in [4.69, 9.17) is 0 Å². The molecule has 0 atom stereocenters. The van der Waals surface area contributed by atoms with Crippen LogP contribution in [0.5, 0.6) is 0 Å². The Morgan fingerprint density at radius 1 is 0.966 bits per heavy atom. The first-order chi connectivity index (χ1) is 14.1. The first-order valence-electron chi connectivity index (χ1n) is 9.38. The van der Waals surface area contributed by atoms with Crippen molar-refractivity contribution in [3.63, 3.8) is 0 Å². The van der Waals surface area contributed by atoms with Gasteiger partial charge in [0.1, 0.15) is 5.82 Å². The van der Waals surface area contributed by atoms with E-state index in [9.17, 15) is 14.3 Å². The standard InChI is InChI=1S/C25H20FNO2/c26-23-9-7-20(21(16-23)8-11-25(28)29)14-19-6-10-24-22(15-19)12-13-27(24)17-18-4-2-1-3-5-18/h1-13,15-16H,14,17H2,(H,28,29)/p-1/b11-8+. The Bertz CT molecular complexity index is 1190. The van der Waals surface area contributed by atoms with Crippen LogP contribution in [0.25, 0.3) is 17.0 Å². The Hall–Kier alpha value is -3.66. The van der Waals surface area contributed by atoms with Crippen LogP contribution in [0.3, 0.4) is 0 Å². The van der Waals surface area contributed by atoms with Crippen molar-refractivity contribution in [3.8, 4) is 0 Å². The molecular formula is C25H19FNO2-. The molecule has 0 saturated carbocycles. The molecule has 4 aromatic rings. The number of aromatic nitrogens is 1. The molecule has 0 unspecified atom stereocenters. The number of aliphatic carboxylic acids is 1. The minimum atomic E-state index is -1.30. The fourth-order valence-electron chi connectivity index (χ4n) is 3.54. The van der Waals surface area contributed by atoms with Crippen LogP contribution in [0.4, 0.5) is 4.39 Å². The first-order valence-corrected chi connectivity index (χ1v) is 9.38. The van der Waals surface area contributed by atoms with Crippen LogP contribution in [0.2, 0.25) is 0 Å². The molecule has 0 saturated heterocycles. The Morgan fingerprint density at radius 2 is 1.79 bits per heavy atom. The molecule has 0 radical (unpaired) electrons. The number of carbonyl (C=O) groups excluding carboxylic acids is 1. The van der Waals surface area contributed by atoms with E-state index in [0.29, 0.717) is 12.0 Å². The number of carbonyl (C=O) groups is 1. The zero-order chi connectivity index (χ0) is 20.2. The summed E-state index contributed by atoms with van der Waals surface area (Å²) in [4.78, 5) is 10.7. The topological polar surface area (TPSA) is 45.1 Å². The molecule has 4 rings (SSSR count). The molecule has 0 aliphatic carbocycles. The summed E-state index contributed by atoms with van der Waals surface area (Å²) in [7, 11) is 0. The predicted molar refractivity (Wildman–Crippen MR) is 111 cm³/mol. The molecule has 0 aliphatic heterocycles. The van der Waals surface area contributed by atoms with Crippen LogP contribution >= 0.6 is 0 Å². The molecule has 0 fully saturated rings. The summed E-state index contributed by atoms with van der Waals surface area (Å²) in [6, 6.07) is 23.1. The van der Waals surface area contributed by atoms with E-state index in [1.54, 1.807) is 6.07 Å². The summed E-state index contributed by atoms with van der Waals surface area (Å²) in [5.41, 5.74) is 4.85. The number of halogens is 1. The quantitative estimate of drug-likeness (QED) is 0.468. The van der Waals surface area contributed by atoms with Crippen LogP contribution in [-0.4, -0.2) is 10.5 Å². The number of carboxylic acids is 1. The van der Waals surface area contributed by atoms with Crippen molar-refractivity contribution in [2.24, 2.45) is 0 Å². The zero-order valence-corrected chi connectivity index (χ0v) is 15.7. The summed E-state index contributed by atoms with van der Waals surface area (Å²) >= 11 is 0. The van der Waals surface area contributed by atoms with E-state index < -0.39 is 11.8 Å². The van der Waals surface area contributed by atoms with Crippen LogP contribution in [0.1, 0.15) is 22.3 Å². The molecule has 1 heterocycles. The molecule has 144 valence electrons. The average Bonchev–Trinajstić information content (AvgIpc) is 3.11. The van der Waals surface area contributed by atoms with E-state index in [-0.39, 0.29) is 0 Å². The number of benzene rings is 3. The van der Waals surface area contributed by atoms with Crippen LogP contribution < -0.4 is 5.11 Å². The van der Waals surface area contributed by atoms with Crippen LogP contribution in [0.15, 0.2) is 85.1 Å². The van der Waals surface area contributed by atoms with Gasteiger partial charge < -0.3 is 14.5 Å². The summed E-state index contributed by atoms with van der Waals surface area (Å²) in [5, 5.41) is 11.8. The number of hydrogen-bond donors (Lipinski definition) is 0. The molecule has 0 N–H and O–H groups in total. The maximum absolute atomic E-state index is 13.6. The monoisotopic (exact) mass is 384 g/mol. The van der Waals surface area contributed by atoms with E-state index in [1.165, 1.54) is 23.8 Å². The maximum Gasteiger partial charge on any atom is 0.123 e. The molecule has 1 aromatic heterocycles. The molecule has 3 aromatic carbocycles. The number of hydrogen-bond acceptors (Lipinski definition) is 2. The van der Waals surface area contributed by atoms with E-state index in [0.717, 1.165) is 34.7 Å². The van der Waals surface area contributed by atoms with Gasteiger partial charge in [-0.2, -0.15) is 0 Å². The molecular weight excluding hydrogens is 365 g/mol. The Labute approximate surface area is 168 Å². The summed E-state index contributed by atoms with van der Waals surface area (Å²) < 4.78 is 15.8. The van der Waals surface area contributed by atoms with E-state index in [2.05, 4.69) is 47.2 Å². The van der Waals surface area contributed by atoms with Gasteiger partial charge in [-0.15, -0.1) is 0 Å². The van der Waals surface area contributed by atoms with Gasteiger partial charge in [-0.1, -0.05) is 48.5 Å². The fraction of sp³-hybridized carbons (Fsp3) is 0.0800. The van der Waals surface area contributed by atoms with Crippen molar-refractivity contribution < 1.29 is 14.3 Å². The van der Waals surface area contributed by atoms with Crippen molar-refractivity contribution in [2.45, 2.75) is 13.0 Å². The smallest absolute Gasteiger partial charge is 0.123 e. The highest BCUT2D eigenvalue weighted by molar-refractivity contribution is 5.84. The lowest BCUT2D eigenvalue weighted by Gasteiger charge is -2.09. The predicted octanol–water partition coefficient (Wildman–Crippen LogP) is 4.18. The van der Waals surface area contributed by atoms with Crippen molar-refractivity contribution in [2.75, 3.05) is 0 Å². The second-order valence-electron chi connectivity index (χ2n) is 6.99. The number of fused-ring (bicyclic) bond motifs is 1. The van der Waals surface area contributed by atoms with E-state index in [1.807, 2.05) is 18.2 Å². The van der Waals surface area contributed by atoms with Gasteiger partial charge in [-0.3, -0.25) is 0 Å². The highest BCUT2D eigenvalue weighted by Crippen LogP contribution is 2.23. The molecule has 29 heavy (non-hydrogen) atoms. The van der Waals surface area contributed by atoms with Crippen LogP contribution in [0, 0.1) is 5.82 Å². The minimum Gasteiger partial charge on any atom is -0.545 e. The lowest BCUT2D eigenvalue weighted by Crippen LogP contribution is -2.18. The average molecular weight is 384 g/mol. The van der Waals surface area contributed by atoms with Crippen molar-refractivity contribution >= 4 is 22.9 Å². The normalized spacial score (nSPS) is 11.3. The highest BCUT2D eigenvalue weighted by atomic mass is 19.1. The van der Waals surface area contributed by atoms with Gasteiger partial charge in [0, 0.05) is 18.3 Å². The SMILES string of the molecule is O=C([O-])/C=C/c1cc(F)ccc1Cc1ccc2c(ccn2Cc2ccccc2)c1. The highest BCUT2D eigenvalue weighted by Gasteiger charge is 2.07. The maximum atomic E-state index is 13.6. The first kappa shape index (κ1) is 18.7. The van der Waals surface area contributed by atoms with Gasteiger partial charge in [0.15, 0.2) is 0 Å².